The number of azide groups is 1. The number of alkyl halides is 1. The fraction of sp³-hybridized carbons (Fsp3) is 0.938. The molecule has 11 nitrogen and oxygen atoms in total. The number of carbonyl (C=O) groups excluding carboxylic acids is 1. The number of hydrogen-bond acceptors (Lipinski definition) is 8. The van der Waals surface area contributed by atoms with Gasteiger partial charge in [-0.3, -0.25) is 4.79 Å². The first kappa shape index (κ1) is 27.0. The summed E-state index contributed by atoms with van der Waals surface area (Å²) in [5.41, 5.74) is 8.08. The highest BCUT2D eigenvalue weighted by atomic mass is 79.9. The molecule has 0 aliphatic rings. The minimum absolute atomic E-state index is 0.0570. The molecule has 0 unspecified atom stereocenters. The smallest absolute Gasteiger partial charge is 0.230 e. The summed E-state index contributed by atoms with van der Waals surface area (Å²) >= 11 is 3.06. The van der Waals surface area contributed by atoms with Gasteiger partial charge in [0.2, 0.25) is 5.91 Å². The molecule has 0 spiro atoms. The highest BCUT2D eigenvalue weighted by Crippen LogP contribution is 1.85. The molecular weight excluding hydrogens is 440 g/mol. The summed E-state index contributed by atoms with van der Waals surface area (Å²) < 4.78 is 31.9. The number of nitrogens with zero attached hydrogens (tertiary/aromatic N) is 3. The van der Waals surface area contributed by atoms with Crippen molar-refractivity contribution in [2.75, 3.05) is 97.7 Å². The molecule has 0 heterocycles. The van der Waals surface area contributed by atoms with Crippen LogP contribution in [0.4, 0.5) is 0 Å². The molecule has 0 aliphatic heterocycles. The summed E-state index contributed by atoms with van der Waals surface area (Å²) in [6, 6.07) is 0. The first-order valence-electron chi connectivity index (χ1n) is 9.11. The van der Waals surface area contributed by atoms with Crippen molar-refractivity contribution < 1.29 is 33.2 Å². The number of halogens is 1. The quantitative estimate of drug-likeness (QED) is 0.0816. The number of carbonyl (C=O) groups is 1. The Hall–Kier alpha value is -0.980. The van der Waals surface area contributed by atoms with E-state index in [4.69, 9.17) is 34.0 Å². The van der Waals surface area contributed by atoms with Crippen LogP contribution in [0.25, 0.3) is 10.4 Å². The van der Waals surface area contributed by atoms with Gasteiger partial charge in [0.05, 0.1) is 84.6 Å². The molecule has 0 bridgehead atoms. The Kier molecular flexibility index (Phi) is 23.2. The first-order valence-corrected chi connectivity index (χ1v) is 10.2. The predicted molar refractivity (Wildman–Crippen MR) is 106 cm³/mol. The van der Waals surface area contributed by atoms with Crippen LogP contribution in [0.3, 0.4) is 0 Å². The van der Waals surface area contributed by atoms with Gasteiger partial charge in [-0.1, -0.05) is 21.0 Å². The summed E-state index contributed by atoms with van der Waals surface area (Å²) in [6.45, 7) is 6.54. The van der Waals surface area contributed by atoms with Crippen LogP contribution >= 0.6 is 15.9 Å². The fourth-order valence-corrected chi connectivity index (χ4v) is 1.86. The van der Waals surface area contributed by atoms with Gasteiger partial charge in [0.25, 0.3) is 0 Å². The number of hydrogen-bond donors (Lipinski definition) is 1. The predicted octanol–water partition coefficient (Wildman–Crippen LogP) is 0.907. The lowest BCUT2D eigenvalue weighted by Crippen LogP contribution is -2.28. The van der Waals surface area contributed by atoms with Gasteiger partial charge >= 0.3 is 0 Å². The molecule has 0 aromatic heterocycles. The highest BCUT2D eigenvalue weighted by Gasteiger charge is 1.96. The van der Waals surface area contributed by atoms with E-state index >= 15 is 0 Å². The molecular formula is C16H31BrN4O7. The van der Waals surface area contributed by atoms with Crippen LogP contribution in [-0.2, 0) is 33.2 Å². The van der Waals surface area contributed by atoms with Crippen molar-refractivity contribution in [2.24, 2.45) is 5.11 Å². The third kappa shape index (κ3) is 23.1. The van der Waals surface area contributed by atoms with E-state index in [9.17, 15) is 4.79 Å². The Morgan fingerprint density at radius 1 is 0.750 bits per heavy atom. The number of nitrogens with one attached hydrogen (secondary N) is 1. The molecule has 164 valence electrons. The Bertz CT molecular complexity index is 401. The topological polar surface area (TPSA) is 133 Å². The van der Waals surface area contributed by atoms with Gasteiger partial charge in [-0.25, -0.2) is 0 Å². The normalized spacial score (nSPS) is 10.6. The van der Waals surface area contributed by atoms with E-state index in [1.165, 1.54) is 0 Å². The van der Waals surface area contributed by atoms with Crippen LogP contribution in [0.15, 0.2) is 5.11 Å². The van der Waals surface area contributed by atoms with Gasteiger partial charge in [-0.05, 0) is 5.53 Å². The van der Waals surface area contributed by atoms with Crippen molar-refractivity contribution in [3.8, 4) is 0 Å². The van der Waals surface area contributed by atoms with E-state index in [1.54, 1.807) is 0 Å². The van der Waals surface area contributed by atoms with Crippen LogP contribution < -0.4 is 5.32 Å². The SMILES string of the molecule is [N-]=[N+]=NCCOCCOCCOCCOCCOCCOCCNC(=O)CBr. The summed E-state index contributed by atoms with van der Waals surface area (Å²) in [5.74, 6) is -0.0570. The summed E-state index contributed by atoms with van der Waals surface area (Å²) in [7, 11) is 0. The molecule has 28 heavy (non-hydrogen) atoms. The summed E-state index contributed by atoms with van der Waals surface area (Å²) in [5, 5.41) is 6.33. The Morgan fingerprint density at radius 3 is 1.54 bits per heavy atom. The van der Waals surface area contributed by atoms with Crippen LogP contribution in [0.2, 0.25) is 0 Å². The number of rotatable bonds is 22. The molecule has 0 aromatic carbocycles. The zero-order valence-corrected chi connectivity index (χ0v) is 17.8. The molecule has 0 saturated carbocycles. The molecule has 1 amide bonds. The van der Waals surface area contributed by atoms with Crippen LogP contribution in [0.5, 0.6) is 0 Å². The fourth-order valence-electron chi connectivity index (χ4n) is 1.66. The highest BCUT2D eigenvalue weighted by molar-refractivity contribution is 9.09. The molecule has 0 aromatic rings. The average molecular weight is 471 g/mol. The maximum Gasteiger partial charge on any atom is 0.230 e. The molecule has 0 radical (unpaired) electrons. The van der Waals surface area contributed by atoms with Gasteiger partial charge in [0.15, 0.2) is 0 Å². The van der Waals surface area contributed by atoms with Gasteiger partial charge in [-0.2, -0.15) is 0 Å². The Morgan fingerprint density at radius 2 is 1.14 bits per heavy atom. The van der Waals surface area contributed by atoms with Crippen molar-refractivity contribution >= 4 is 21.8 Å². The van der Waals surface area contributed by atoms with Gasteiger partial charge in [0, 0.05) is 18.0 Å². The van der Waals surface area contributed by atoms with E-state index in [1.807, 2.05) is 0 Å². The largest absolute Gasteiger partial charge is 0.379 e. The Balaban J connectivity index is 3.03. The third-order valence-corrected chi connectivity index (χ3v) is 3.46. The second-order valence-electron chi connectivity index (χ2n) is 5.11. The van der Waals surface area contributed by atoms with Crippen molar-refractivity contribution in [3.63, 3.8) is 0 Å². The first-order chi connectivity index (χ1) is 13.8. The van der Waals surface area contributed by atoms with Gasteiger partial charge < -0.3 is 33.7 Å². The zero-order valence-electron chi connectivity index (χ0n) is 16.2. The van der Waals surface area contributed by atoms with Crippen LogP contribution in [0, 0.1) is 0 Å². The third-order valence-electron chi connectivity index (χ3n) is 2.95. The second kappa shape index (κ2) is 24.1. The molecule has 12 heteroatoms. The summed E-state index contributed by atoms with van der Waals surface area (Å²) in [4.78, 5) is 13.6. The van der Waals surface area contributed by atoms with E-state index < -0.39 is 0 Å². The maximum absolute atomic E-state index is 10.9. The van der Waals surface area contributed by atoms with Crippen LogP contribution in [-0.4, -0.2) is 104 Å². The average Bonchev–Trinajstić information content (AvgIpc) is 2.71. The van der Waals surface area contributed by atoms with Gasteiger partial charge in [0.1, 0.15) is 0 Å². The second-order valence-corrected chi connectivity index (χ2v) is 5.67. The molecule has 0 fully saturated rings. The van der Waals surface area contributed by atoms with Crippen molar-refractivity contribution in [3.05, 3.63) is 10.4 Å². The van der Waals surface area contributed by atoms with E-state index in [2.05, 4.69) is 31.3 Å². The van der Waals surface area contributed by atoms with Gasteiger partial charge in [-0.15, -0.1) is 0 Å². The monoisotopic (exact) mass is 470 g/mol. The standard InChI is InChI=1S/C16H31BrN4O7/c17-15-16(22)19-1-3-23-5-7-25-9-11-27-13-14-28-12-10-26-8-6-24-4-2-20-21-18/h1-15H2,(H,19,22). The number of ether oxygens (including phenoxy) is 6. The number of amides is 1. The van der Waals surface area contributed by atoms with Crippen molar-refractivity contribution in [1.82, 2.24) is 5.32 Å². The van der Waals surface area contributed by atoms with E-state index in [-0.39, 0.29) is 5.91 Å². The Labute approximate surface area is 174 Å². The maximum atomic E-state index is 10.9. The lowest BCUT2D eigenvalue weighted by Gasteiger charge is -2.08. The molecule has 0 atom stereocenters. The zero-order chi connectivity index (χ0) is 20.5. The molecule has 0 saturated heterocycles. The van der Waals surface area contributed by atoms with Crippen LogP contribution in [0.1, 0.15) is 0 Å². The minimum atomic E-state index is -0.0570. The van der Waals surface area contributed by atoms with Crippen molar-refractivity contribution in [2.45, 2.75) is 0 Å². The summed E-state index contributed by atoms with van der Waals surface area (Å²) in [6.07, 6.45) is 0. The lowest BCUT2D eigenvalue weighted by atomic mass is 10.6. The molecule has 0 aliphatic carbocycles. The lowest BCUT2D eigenvalue weighted by molar-refractivity contribution is -0.118. The van der Waals surface area contributed by atoms with E-state index in [0.29, 0.717) is 97.7 Å². The minimum Gasteiger partial charge on any atom is -0.379 e. The van der Waals surface area contributed by atoms with Crippen molar-refractivity contribution in [1.29, 1.82) is 0 Å². The molecule has 1 N–H and O–H groups in total. The van der Waals surface area contributed by atoms with E-state index in [0.717, 1.165) is 0 Å². The molecule has 0 rings (SSSR count).